The zero-order chi connectivity index (χ0) is 11.4. The number of likely N-dealkylation sites (tertiary alicyclic amines) is 1. The van der Waals surface area contributed by atoms with Crippen molar-refractivity contribution in [3.63, 3.8) is 0 Å². The fraction of sp³-hybridized carbons (Fsp3) is 0.500. The number of rotatable bonds is 4. The van der Waals surface area contributed by atoms with Gasteiger partial charge in [-0.05, 0) is 44.0 Å². The van der Waals surface area contributed by atoms with Crippen molar-refractivity contribution in [2.45, 2.75) is 19.3 Å². The highest BCUT2D eigenvalue weighted by Crippen LogP contribution is 2.12. The number of hydrogen-bond acceptors (Lipinski definition) is 3. The molecule has 1 aliphatic rings. The predicted octanol–water partition coefficient (Wildman–Crippen LogP) is 1.42. The van der Waals surface area contributed by atoms with Gasteiger partial charge in [0.25, 0.3) is 0 Å². The highest BCUT2D eigenvalue weighted by molar-refractivity contribution is 5.88. The highest BCUT2D eigenvalue weighted by Gasteiger charge is 2.14. The number of hydrogen-bond donors (Lipinski definition) is 1. The maximum absolute atomic E-state index is 11.0. The highest BCUT2D eigenvalue weighted by atomic mass is 16.4. The molecular weight excluding hydrogens is 204 g/mol. The topological polar surface area (TPSA) is 53.4 Å². The van der Waals surface area contributed by atoms with Crippen molar-refractivity contribution in [1.29, 1.82) is 0 Å². The molecule has 4 nitrogen and oxygen atoms in total. The summed E-state index contributed by atoms with van der Waals surface area (Å²) in [5, 5.41) is 9.00. The first-order chi connectivity index (χ1) is 7.77. The Morgan fingerprint density at radius 2 is 2.19 bits per heavy atom. The summed E-state index contributed by atoms with van der Waals surface area (Å²) in [7, 11) is 0. The molecule has 0 amide bonds. The second kappa shape index (κ2) is 5.07. The van der Waals surface area contributed by atoms with Gasteiger partial charge in [-0.1, -0.05) is 0 Å². The van der Waals surface area contributed by atoms with E-state index in [4.69, 9.17) is 5.11 Å². The van der Waals surface area contributed by atoms with E-state index < -0.39 is 5.97 Å². The Hall–Kier alpha value is -1.42. The average Bonchev–Trinajstić information content (AvgIpc) is 2.79. The van der Waals surface area contributed by atoms with Gasteiger partial charge in [0, 0.05) is 18.9 Å². The number of carbonyl (C=O) groups is 1. The van der Waals surface area contributed by atoms with E-state index >= 15 is 0 Å². The lowest BCUT2D eigenvalue weighted by Gasteiger charge is -2.14. The van der Waals surface area contributed by atoms with Gasteiger partial charge in [0.2, 0.25) is 0 Å². The Balaban J connectivity index is 2.00. The number of carboxylic acid groups (broad SMARTS) is 1. The molecule has 1 saturated heterocycles. The van der Waals surface area contributed by atoms with E-state index in [1.807, 2.05) is 0 Å². The molecule has 0 radical (unpaired) electrons. The van der Waals surface area contributed by atoms with Crippen LogP contribution in [-0.2, 0) is 6.42 Å². The maximum atomic E-state index is 11.0. The van der Waals surface area contributed by atoms with E-state index in [2.05, 4.69) is 9.88 Å². The molecule has 16 heavy (non-hydrogen) atoms. The van der Waals surface area contributed by atoms with Gasteiger partial charge in [-0.25, -0.2) is 4.79 Å². The lowest BCUT2D eigenvalue weighted by atomic mass is 10.1. The third-order valence-electron chi connectivity index (χ3n) is 3.04. The predicted molar refractivity (Wildman–Crippen MR) is 60.6 cm³/mol. The van der Waals surface area contributed by atoms with Crippen LogP contribution in [0.1, 0.15) is 28.8 Å². The Bertz CT molecular complexity index is 373. The van der Waals surface area contributed by atoms with Gasteiger partial charge >= 0.3 is 5.97 Å². The summed E-state index contributed by atoms with van der Waals surface area (Å²) in [5.41, 5.74) is 1.22. The molecule has 0 atom stereocenters. The number of aromatic carboxylic acids is 1. The van der Waals surface area contributed by atoms with Gasteiger partial charge in [-0.2, -0.15) is 0 Å². The first-order valence-corrected chi connectivity index (χ1v) is 5.66. The van der Waals surface area contributed by atoms with Gasteiger partial charge in [0.1, 0.15) is 0 Å². The van der Waals surface area contributed by atoms with Crippen LogP contribution in [0.5, 0.6) is 0 Å². The molecule has 0 bridgehead atoms. The van der Waals surface area contributed by atoms with Crippen molar-refractivity contribution in [3.8, 4) is 0 Å². The molecule has 2 rings (SSSR count). The Morgan fingerprint density at radius 1 is 1.44 bits per heavy atom. The summed E-state index contributed by atoms with van der Waals surface area (Å²) in [6, 6.07) is 1.81. The van der Waals surface area contributed by atoms with Crippen LogP contribution in [0, 0.1) is 0 Å². The van der Waals surface area contributed by atoms with Crippen molar-refractivity contribution in [1.82, 2.24) is 9.88 Å². The Morgan fingerprint density at radius 3 is 2.88 bits per heavy atom. The number of pyridine rings is 1. The molecule has 1 aliphatic heterocycles. The summed E-state index contributed by atoms with van der Waals surface area (Å²) in [5.74, 6) is -0.885. The fourth-order valence-electron chi connectivity index (χ4n) is 2.12. The normalized spacial score (nSPS) is 16.5. The van der Waals surface area contributed by atoms with E-state index in [-0.39, 0.29) is 0 Å². The summed E-state index contributed by atoms with van der Waals surface area (Å²) >= 11 is 0. The van der Waals surface area contributed by atoms with Gasteiger partial charge in [-0.15, -0.1) is 0 Å². The van der Waals surface area contributed by atoms with Crippen molar-refractivity contribution < 1.29 is 9.90 Å². The van der Waals surface area contributed by atoms with Crippen molar-refractivity contribution >= 4 is 5.97 Å². The molecule has 0 aromatic carbocycles. The zero-order valence-electron chi connectivity index (χ0n) is 9.22. The van der Waals surface area contributed by atoms with Crippen molar-refractivity contribution in [3.05, 3.63) is 29.6 Å². The molecule has 1 N–H and O–H groups in total. The SMILES string of the molecule is O=C(O)c1cnccc1CCN1CCCC1. The van der Waals surface area contributed by atoms with Crippen LogP contribution in [0.15, 0.2) is 18.5 Å². The van der Waals surface area contributed by atoms with Crippen molar-refractivity contribution in [2.24, 2.45) is 0 Å². The van der Waals surface area contributed by atoms with Gasteiger partial charge in [0.15, 0.2) is 0 Å². The summed E-state index contributed by atoms with van der Waals surface area (Å²) in [6.45, 7) is 3.24. The van der Waals surface area contributed by atoms with Crippen LogP contribution in [0.25, 0.3) is 0 Å². The van der Waals surface area contributed by atoms with E-state index in [0.29, 0.717) is 5.56 Å². The summed E-state index contributed by atoms with van der Waals surface area (Å²) in [4.78, 5) is 17.2. The molecule has 1 aromatic heterocycles. The molecule has 86 valence electrons. The van der Waals surface area contributed by atoms with Crippen LogP contribution in [-0.4, -0.2) is 40.6 Å². The molecule has 0 aliphatic carbocycles. The van der Waals surface area contributed by atoms with Gasteiger partial charge in [0.05, 0.1) is 5.56 Å². The van der Waals surface area contributed by atoms with Crippen LogP contribution in [0.3, 0.4) is 0 Å². The number of nitrogens with zero attached hydrogens (tertiary/aromatic N) is 2. The molecule has 2 heterocycles. The van der Waals surface area contributed by atoms with Crippen LogP contribution >= 0.6 is 0 Å². The van der Waals surface area contributed by atoms with Crippen LogP contribution < -0.4 is 0 Å². The zero-order valence-corrected chi connectivity index (χ0v) is 9.22. The standard InChI is InChI=1S/C12H16N2O2/c15-12(16)11-9-13-5-3-10(11)4-8-14-6-1-2-7-14/h3,5,9H,1-2,4,6-8H2,(H,15,16). The minimum absolute atomic E-state index is 0.335. The van der Waals surface area contributed by atoms with Crippen LogP contribution in [0.2, 0.25) is 0 Å². The molecular formula is C12H16N2O2. The van der Waals surface area contributed by atoms with Gasteiger partial charge < -0.3 is 10.0 Å². The smallest absolute Gasteiger partial charge is 0.337 e. The third-order valence-corrected chi connectivity index (χ3v) is 3.04. The molecule has 0 spiro atoms. The summed E-state index contributed by atoms with van der Waals surface area (Å²) in [6.07, 6.45) is 6.42. The van der Waals surface area contributed by atoms with Crippen molar-refractivity contribution in [2.75, 3.05) is 19.6 Å². The first kappa shape index (κ1) is 11.1. The Kier molecular flexibility index (Phi) is 3.51. The lowest BCUT2D eigenvalue weighted by molar-refractivity contribution is 0.0695. The largest absolute Gasteiger partial charge is 0.478 e. The van der Waals surface area contributed by atoms with Crippen LogP contribution in [0.4, 0.5) is 0 Å². The summed E-state index contributed by atoms with van der Waals surface area (Å²) < 4.78 is 0. The maximum Gasteiger partial charge on any atom is 0.337 e. The fourth-order valence-corrected chi connectivity index (χ4v) is 2.12. The lowest BCUT2D eigenvalue weighted by Crippen LogP contribution is -2.22. The van der Waals surface area contributed by atoms with Gasteiger partial charge in [-0.3, -0.25) is 4.98 Å². The molecule has 4 heteroatoms. The number of carboxylic acids is 1. The quantitative estimate of drug-likeness (QED) is 0.833. The van der Waals surface area contributed by atoms with E-state index in [0.717, 1.165) is 31.6 Å². The first-order valence-electron chi connectivity index (χ1n) is 5.66. The second-order valence-electron chi connectivity index (χ2n) is 4.14. The second-order valence-corrected chi connectivity index (χ2v) is 4.14. The minimum Gasteiger partial charge on any atom is -0.478 e. The average molecular weight is 220 g/mol. The van der Waals surface area contributed by atoms with E-state index in [1.165, 1.54) is 19.0 Å². The Labute approximate surface area is 94.9 Å². The van der Waals surface area contributed by atoms with E-state index in [1.54, 1.807) is 12.3 Å². The molecule has 1 aromatic rings. The third kappa shape index (κ3) is 2.58. The molecule has 0 saturated carbocycles. The molecule has 1 fully saturated rings. The monoisotopic (exact) mass is 220 g/mol. The molecule has 0 unspecified atom stereocenters. The minimum atomic E-state index is -0.885. The number of aromatic nitrogens is 1. The van der Waals surface area contributed by atoms with E-state index in [9.17, 15) is 4.79 Å².